The van der Waals surface area contributed by atoms with Crippen molar-refractivity contribution in [2.75, 3.05) is 13.2 Å². The number of hydrogen-bond donors (Lipinski definition) is 3. The highest BCUT2D eigenvalue weighted by Crippen LogP contribution is 2.21. The second-order valence-electron chi connectivity index (χ2n) is 5.65. The molecule has 0 aliphatic carbocycles. The monoisotopic (exact) mass is 290 g/mol. The lowest BCUT2D eigenvalue weighted by atomic mass is 10.0. The first-order chi connectivity index (χ1) is 9.65. The van der Waals surface area contributed by atoms with Gasteiger partial charge in [0.25, 0.3) is 0 Å². The molecule has 0 amide bonds. The average molecular weight is 290 g/mol. The van der Waals surface area contributed by atoms with Gasteiger partial charge in [-0.2, -0.15) is 0 Å². The molecule has 120 valence electrons. The van der Waals surface area contributed by atoms with Crippen LogP contribution in [0.2, 0.25) is 0 Å². The molecule has 5 heteroatoms. The maximum Gasteiger partial charge on any atom is 0.183 e. The summed E-state index contributed by atoms with van der Waals surface area (Å²) in [5.74, 6) is 0. The van der Waals surface area contributed by atoms with Gasteiger partial charge in [0, 0.05) is 19.6 Å². The van der Waals surface area contributed by atoms with Gasteiger partial charge in [0.05, 0.1) is 12.2 Å². The number of ether oxygens (including phenoxy) is 2. The number of aliphatic hydroxyl groups excluding tert-OH is 3. The highest BCUT2D eigenvalue weighted by molar-refractivity contribution is 4.78. The van der Waals surface area contributed by atoms with Crippen molar-refractivity contribution >= 4 is 0 Å². The van der Waals surface area contributed by atoms with Crippen molar-refractivity contribution in [2.45, 2.75) is 82.9 Å². The van der Waals surface area contributed by atoms with Gasteiger partial charge in [-0.25, -0.2) is 0 Å². The van der Waals surface area contributed by atoms with Crippen molar-refractivity contribution in [1.29, 1.82) is 0 Å². The number of rotatable bonds is 10. The summed E-state index contributed by atoms with van der Waals surface area (Å²) in [7, 11) is 0. The molecule has 3 N–H and O–H groups in total. The van der Waals surface area contributed by atoms with E-state index in [-0.39, 0.29) is 6.10 Å². The van der Waals surface area contributed by atoms with Crippen molar-refractivity contribution in [3.8, 4) is 0 Å². The molecule has 1 heterocycles. The molecule has 0 aromatic heterocycles. The van der Waals surface area contributed by atoms with Gasteiger partial charge in [0.2, 0.25) is 0 Å². The van der Waals surface area contributed by atoms with Crippen LogP contribution in [0.1, 0.15) is 58.3 Å². The zero-order chi connectivity index (χ0) is 14.8. The second-order valence-corrected chi connectivity index (χ2v) is 5.65. The van der Waals surface area contributed by atoms with Crippen LogP contribution in [-0.2, 0) is 9.47 Å². The zero-order valence-electron chi connectivity index (χ0n) is 12.5. The number of hydrogen-bond acceptors (Lipinski definition) is 5. The van der Waals surface area contributed by atoms with Crippen LogP contribution >= 0.6 is 0 Å². The Kier molecular flexibility index (Phi) is 9.39. The summed E-state index contributed by atoms with van der Waals surface area (Å²) in [4.78, 5) is 0. The normalized spacial score (nSPS) is 30.6. The highest BCUT2D eigenvalue weighted by Gasteiger charge is 2.34. The molecular weight excluding hydrogens is 260 g/mol. The molecule has 0 saturated carbocycles. The molecule has 0 aromatic rings. The lowest BCUT2D eigenvalue weighted by molar-refractivity contribution is -0.261. The fourth-order valence-corrected chi connectivity index (χ4v) is 2.39. The Balaban J connectivity index is 1.96. The Labute approximate surface area is 121 Å². The largest absolute Gasteiger partial charge is 0.396 e. The molecule has 4 atom stereocenters. The first kappa shape index (κ1) is 17.9. The van der Waals surface area contributed by atoms with Gasteiger partial charge < -0.3 is 24.8 Å². The molecule has 0 spiro atoms. The minimum absolute atomic E-state index is 0.282. The molecule has 0 radical (unpaired) electrons. The van der Waals surface area contributed by atoms with E-state index in [2.05, 4.69) is 0 Å². The highest BCUT2D eigenvalue weighted by atomic mass is 16.7. The van der Waals surface area contributed by atoms with E-state index < -0.39 is 18.5 Å². The predicted octanol–water partition coefficient (Wildman–Crippen LogP) is 1.58. The Hall–Kier alpha value is -0.200. The van der Waals surface area contributed by atoms with Crippen LogP contribution in [0.25, 0.3) is 0 Å². The van der Waals surface area contributed by atoms with E-state index in [1.807, 2.05) is 0 Å². The van der Waals surface area contributed by atoms with E-state index in [0.29, 0.717) is 19.6 Å². The van der Waals surface area contributed by atoms with Crippen LogP contribution in [-0.4, -0.2) is 53.1 Å². The first-order valence-electron chi connectivity index (χ1n) is 7.89. The maximum absolute atomic E-state index is 9.75. The van der Waals surface area contributed by atoms with Crippen molar-refractivity contribution in [3.63, 3.8) is 0 Å². The summed E-state index contributed by atoms with van der Waals surface area (Å²) in [5, 5.41) is 27.9. The topological polar surface area (TPSA) is 79.2 Å². The minimum atomic E-state index is -0.736. The third kappa shape index (κ3) is 6.99. The van der Waals surface area contributed by atoms with Gasteiger partial charge in [0.15, 0.2) is 6.29 Å². The summed E-state index contributed by atoms with van der Waals surface area (Å²) in [6.07, 6.45) is 5.74. The van der Waals surface area contributed by atoms with Gasteiger partial charge in [-0.3, -0.25) is 0 Å². The van der Waals surface area contributed by atoms with Crippen molar-refractivity contribution in [1.82, 2.24) is 0 Å². The molecule has 1 fully saturated rings. The molecule has 5 nitrogen and oxygen atoms in total. The quantitative estimate of drug-likeness (QED) is 0.532. The standard InChI is InChI=1S/C15H30O5/c1-12-13(17)11-14(18)15(20-12)19-10-8-6-4-2-3-5-7-9-16/h12-18H,2-11H2,1H3/t12-,13?,14+,15?/m0/s1. The first-order valence-corrected chi connectivity index (χ1v) is 7.89. The summed E-state index contributed by atoms with van der Waals surface area (Å²) in [5.41, 5.74) is 0. The molecule has 1 saturated heterocycles. The smallest absolute Gasteiger partial charge is 0.183 e. The van der Waals surface area contributed by atoms with Crippen LogP contribution in [0.3, 0.4) is 0 Å². The fraction of sp³-hybridized carbons (Fsp3) is 1.00. The second kappa shape index (κ2) is 10.5. The molecular formula is C15H30O5. The van der Waals surface area contributed by atoms with E-state index in [9.17, 15) is 10.2 Å². The minimum Gasteiger partial charge on any atom is -0.396 e. The van der Waals surface area contributed by atoms with Gasteiger partial charge in [-0.15, -0.1) is 0 Å². The zero-order valence-corrected chi connectivity index (χ0v) is 12.5. The van der Waals surface area contributed by atoms with E-state index in [0.717, 1.165) is 25.7 Å². The van der Waals surface area contributed by atoms with Crippen LogP contribution in [0.15, 0.2) is 0 Å². The van der Waals surface area contributed by atoms with Crippen LogP contribution in [0, 0.1) is 0 Å². The average Bonchev–Trinajstić information content (AvgIpc) is 2.42. The van der Waals surface area contributed by atoms with Gasteiger partial charge >= 0.3 is 0 Å². The van der Waals surface area contributed by atoms with E-state index in [1.54, 1.807) is 6.92 Å². The third-order valence-corrected chi connectivity index (χ3v) is 3.77. The van der Waals surface area contributed by atoms with Gasteiger partial charge in [0.1, 0.15) is 6.10 Å². The van der Waals surface area contributed by atoms with E-state index >= 15 is 0 Å². The molecule has 2 unspecified atom stereocenters. The Morgan fingerprint density at radius 2 is 1.55 bits per heavy atom. The molecule has 1 aliphatic rings. The van der Waals surface area contributed by atoms with Crippen LogP contribution < -0.4 is 0 Å². The van der Waals surface area contributed by atoms with E-state index in [1.165, 1.54) is 19.3 Å². The Morgan fingerprint density at radius 3 is 2.20 bits per heavy atom. The number of aliphatic hydroxyl groups is 3. The SMILES string of the molecule is C[C@@H]1OC(OCCCCCCCCCO)[C@H](O)CC1O. The fourth-order valence-electron chi connectivity index (χ4n) is 2.39. The molecule has 0 aromatic carbocycles. The maximum atomic E-state index is 9.75. The summed E-state index contributed by atoms with van der Waals surface area (Å²) >= 11 is 0. The predicted molar refractivity (Wildman–Crippen MR) is 76.3 cm³/mol. The van der Waals surface area contributed by atoms with Crippen LogP contribution in [0.4, 0.5) is 0 Å². The molecule has 0 bridgehead atoms. The van der Waals surface area contributed by atoms with Crippen LogP contribution in [0.5, 0.6) is 0 Å². The third-order valence-electron chi connectivity index (χ3n) is 3.77. The van der Waals surface area contributed by atoms with Crippen molar-refractivity contribution < 1.29 is 24.8 Å². The van der Waals surface area contributed by atoms with Gasteiger partial charge in [-0.1, -0.05) is 32.1 Å². The Bertz CT molecular complexity index is 236. The van der Waals surface area contributed by atoms with Crippen molar-refractivity contribution in [2.24, 2.45) is 0 Å². The number of unbranched alkanes of at least 4 members (excludes halogenated alkanes) is 6. The summed E-state index contributed by atoms with van der Waals surface area (Å²) in [6, 6.07) is 0. The van der Waals surface area contributed by atoms with E-state index in [4.69, 9.17) is 14.6 Å². The molecule has 20 heavy (non-hydrogen) atoms. The Morgan fingerprint density at radius 1 is 0.950 bits per heavy atom. The summed E-state index contributed by atoms with van der Waals surface area (Å²) in [6.45, 7) is 2.67. The lowest BCUT2D eigenvalue weighted by Gasteiger charge is -2.35. The summed E-state index contributed by atoms with van der Waals surface area (Å²) < 4.78 is 11.0. The van der Waals surface area contributed by atoms with Crippen molar-refractivity contribution in [3.05, 3.63) is 0 Å². The molecule has 1 rings (SSSR count). The van der Waals surface area contributed by atoms with Gasteiger partial charge in [-0.05, 0) is 19.8 Å². The molecule has 1 aliphatic heterocycles. The lowest BCUT2D eigenvalue weighted by Crippen LogP contribution is -2.47.